The fourth-order valence-electron chi connectivity index (χ4n) is 1.44. The van der Waals surface area contributed by atoms with E-state index in [4.69, 9.17) is 10.8 Å². The predicted molar refractivity (Wildman–Crippen MR) is 74.7 cm³/mol. The Morgan fingerprint density at radius 1 is 1.35 bits per heavy atom. The number of benzene rings is 1. The van der Waals surface area contributed by atoms with Crippen LogP contribution in [0.1, 0.15) is 12.0 Å². The molecular weight excluding hydrogens is 330 g/mol. The van der Waals surface area contributed by atoms with Crippen molar-refractivity contribution in [1.29, 1.82) is 0 Å². The van der Waals surface area contributed by atoms with Gasteiger partial charge in [0.05, 0.1) is 6.42 Å². The Kier molecular flexibility index (Phi) is 5.98. The maximum absolute atomic E-state index is 11.5. The summed E-state index contributed by atoms with van der Waals surface area (Å²) in [6.45, 7) is 0.230. The molecule has 20 heavy (non-hydrogen) atoms. The largest absolute Gasteiger partial charge is 0.480 e. The smallest absolute Gasteiger partial charge is 0.326 e. The monoisotopic (exact) mass is 343 g/mol. The van der Waals surface area contributed by atoms with Gasteiger partial charge in [0.2, 0.25) is 5.91 Å². The lowest BCUT2D eigenvalue weighted by Gasteiger charge is -2.13. The molecule has 5 N–H and O–H groups in total. The molecule has 8 heteroatoms. The minimum absolute atomic E-state index is 0.230. The first-order chi connectivity index (χ1) is 9.38. The average Bonchev–Trinajstić information content (AvgIpc) is 2.35. The lowest BCUT2D eigenvalue weighted by atomic mass is 10.2. The number of rotatable bonds is 6. The van der Waals surface area contributed by atoms with E-state index in [1.165, 1.54) is 0 Å². The third kappa shape index (κ3) is 5.70. The van der Waals surface area contributed by atoms with Crippen LogP contribution in [0, 0.1) is 0 Å². The highest BCUT2D eigenvalue weighted by Crippen LogP contribution is 2.11. The third-order valence-corrected chi connectivity index (χ3v) is 2.84. The van der Waals surface area contributed by atoms with E-state index in [1.54, 1.807) is 0 Å². The SMILES string of the molecule is NC(=O)C[C@@H](NC(=O)NCc1cccc(Br)c1)C(=O)O. The number of carboxylic acids is 1. The summed E-state index contributed by atoms with van der Waals surface area (Å²) in [6.07, 6.45) is -0.459. The van der Waals surface area contributed by atoms with E-state index in [0.29, 0.717) is 0 Å². The zero-order chi connectivity index (χ0) is 15.1. The van der Waals surface area contributed by atoms with Gasteiger partial charge in [0.1, 0.15) is 6.04 Å². The lowest BCUT2D eigenvalue weighted by Crippen LogP contribution is -2.47. The molecule has 7 nitrogen and oxygen atoms in total. The summed E-state index contributed by atoms with van der Waals surface area (Å²) in [5.74, 6) is -2.12. The number of nitrogens with one attached hydrogen (secondary N) is 2. The van der Waals surface area contributed by atoms with Crippen LogP contribution in [-0.2, 0) is 16.1 Å². The normalized spacial score (nSPS) is 11.4. The number of hydrogen-bond donors (Lipinski definition) is 4. The zero-order valence-corrected chi connectivity index (χ0v) is 12.0. The molecule has 0 aliphatic heterocycles. The maximum Gasteiger partial charge on any atom is 0.326 e. The Morgan fingerprint density at radius 3 is 2.60 bits per heavy atom. The number of carbonyl (C=O) groups is 3. The molecule has 0 aliphatic carbocycles. The van der Waals surface area contributed by atoms with E-state index in [1.807, 2.05) is 24.3 Å². The van der Waals surface area contributed by atoms with Crippen molar-refractivity contribution in [3.05, 3.63) is 34.3 Å². The van der Waals surface area contributed by atoms with Crippen LogP contribution in [-0.4, -0.2) is 29.1 Å². The molecule has 0 aromatic heterocycles. The Morgan fingerprint density at radius 2 is 2.05 bits per heavy atom. The van der Waals surface area contributed by atoms with Crippen molar-refractivity contribution in [3.8, 4) is 0 Å². The minimum atomic E-state index is -1.34. The summed E-state index contributed by atoms with van der Waals surface area (Å²) in [4.78, 5) is 33.1. The van der Waals surface area contributed by atoms with Gasteiger partial charge in [0, 0.05) is 11.0 Å². The van der Waals surface area contributed by atoms with Crippen molar-refractivity contribution < 1.29 is 19.5 Å². The molecule has 1 rings (SSSR count). The number of amides is 3. The van der Waals surface area contributed by atoms with Crippen LogP contribution in [0.3, 0.4) is 0 Å². The standard InChI is InChI=1S/C12H14BrN3O4/c13-8-3-1-2-7(4-8)6-15-12(20)16-9(11(18)19)5-10(14)17/h1-4,9H,5-6H2,(H2,14,17)(H,18,19)(H2,15,16,20)/t9-/m1/s1. The van der Waals surface area contributed by atoms with Crippen molar-refractivity contribution in [2.24, 2.45) is 5.73 Å². The van der Waals surface area contributed by atoms with E-state index in [0.717, 1.165) is 10.0 Å². The average molecular weight is 344 g/mol. The minimum Gasteiger partial charge on any atom is -0.480 e. The van der Waals surface area contributed by atoms with E-state index in [9.17, 15) is 14.4 Å². The number of halogens is 1. The van der Waals surface area contributed by atoms with Crippen molar-refractivity contribution in [3.63, 3.8) is 0 Å². The molecule has 0 aliphatic rings. The number of nitrogens with two attached hydrogens (primary N) is 1. The topological polar surface area (TPSA) is 122 Å². The highest BCUT2D eigenvalue weighted by atomic mass is 79.9. The Bertz CT molecular complexity index is 521. The van der Waals surface area contributed by atoms with Crippen LogP contribution in [0.5, 0.6) is 0 Å². The van der Waals surface area contributed by atoms with Crippen molar-refractivity contribution in [2.45, 2.75) is 19.0 Å². The molecular formula is C12H14BrN3O4. The summed E-state index contributed by atoms with van der Waals surface area (Å²) in [5, 5.41) is 13.5. The third-order valence-electron chi connectivity index (χ3n) is 2.35. The Labute approximate surface area is 123 Å². The highest BCUT2D eigenvalue weighted by molar-refractivity contribution is 9.10. The van der Waals surface area contributed by atoms with Crippen LogP contribution in [0.4, 0.5) is 4.79 Å². The van der Waals surface area contributed by atoms with Gasteiger partial charge in [0.15, 0.2) is 0 Å². The first-order valence-electron chi connectivity index (χ1n) is 5.68. The molecule has 0 saturated carbocycles. The first kappa shape index (κ1) is 16.0. The molecule has 0 saturated heterocycles. The van der Waals surface area contributed by atoms with Gasteiger partial charge in [-0.2, -0.15) is 0 Å². The number of carbonyl (C=O) groups excluding carboxylic acids is 2. The van der Waals surface area contributed by atoms with Crippen LogP contribution in [0.25, 0.3) is 0 Å². The van der Waals surface area contributed by atoms with E-state index in [2.05, 4.69) is 26.6 Å². The summed E-state index contributed by atoms with van der Waals surface area (Å²) in [5.41, 5.74) is 5.75. The summed E-state index contributed by atoms with van der Waals surface area (Å²) in [6, 6.07) is 5.26. The van der Waals surface area contributed by atoms with Crippen LogP contribution in [0.2, 0.25) is 0 Å². The van der Waals surface area contributed by atoms with Gasteiger partial charge in [-0.25, -0.2) is 9.59 Å². The van der Waals surface area contributed by atoms with Gasteiger partial charge in [0.25, 0.3) is 0 Å². The molecule has 1 aromatic carbocycles. The predicted octanol–water partition coefficient (Wildman–Crippen LogP) is 0.577. The fraction of sp³-hybridized carbons (Fsp3) is 0.250. The second-order valence-electron chi connectivity index (χ2n) is 4.02. The van der Waals surface area contributed by atoms with Gasteiger partial charge < -0.3 is 21.5 Å². The van der Waals surface area contributed by atoms with E-state index < -0.39 is 30.4 Å². The molecule has 1 atom stereocenters. The van der Waals surface area contributed by atoms with Crippen molar-refractivity contribution in [2.75, 3.05) is 0 Å². The van der Waals surface area contributed by atoms with Crippen LogP contribution in [0.15, 0.2) is 28.7 Å². The van der Waals surface area contributed by atoms with E-state index in [-0.39, 0.29) is 6.54 Å². The number of primary amides is 1. The summed E-state index contributed by atoms with van der Waals surface area (Å²) in [7, 11) is 0. The van der Waals surface area contributed by atoms with Crippen LogP contribution < -0.4 is 16.4 Å². The Balaban J connectivity index is 2.49. The highest BCUT2D eigenvalue weighted by Gasteiger charge is 2.21. The van der Waals surface area contributed by atoms with Crippen molar-refractivity contribution >= 4 is 33.8 Å². The number of hydrogen-bond acceptors (Lipinski definition) is 3. The molecule has 0 spiro atoms. The number of carboxylic acid groups (broad SMARTS) is 1. The molecule has 1 aromatic rings. The molecule has 0 heterocycles. The quantitative estimate of drug-likeness (QED) is 0.603. The summed E-state index contributed by atoms with van der Waals surface area (Å²) < 4.78 is 0.870. The molecule has 0 unspecified atom stereocenters. The van der Waals surface area contributed by atoms with E-state index >= 15 is 0 Å². The van der Waals surface area contributed by atoms with Gasteiger partial charge in [-0.1, -0.05) is 28.1 Å². The van der Waals surface area contributed by atoms with Gasteiger partial charge >= 0.3 is 12.0 Å². The lowest BCUT2D eigenvalue weighted by molar-refractivity contribution is -0.140. The summed E-state index contributed by atoms with van der Waals surface area (Å²) >= 11 is 3.30. The fourth-order valence-corrected chi connectivity index (χ4v) is 1.89. The first-order valence-corrected chi connectivity index (χ1v) is 6.47. The molecule has 0 radical (unpaired) electrons. The zero-order valence-electron chi connectivity index (χ0n) is 10.4. The Hall–Kier alpha value is -2.09. The maximum atomic E-state index is 11.5. The van der Waals surface area contributed by atoms with Crippen molar-refractivity contribution in [1.82, 2.24) is 10.6 Å². The second-order valence-corrected chi connectivity index (χ2v) is 4.93. The second kappa shape index (κ2) is 7.49. The number of urea groups is 1. The van der Waals surface area contributed by atoms with Gasteiger partial charge in [-0.15, -0.1) is 0 Å². The molecule has 0 fully saturated rings. The van der Waals surface area contributed by atoms with Gasteiger partial charge in [-0.3, -0.25) is 4.79 Å². The van der Waals surface area contributed by atoms with Gasteiger partial charge in [-0.05, 0) is 17.7 Å². The molecule has 0 bridgehead atoms. The molecule has 108 valence electrons. The van der Waals surface area contributed by atoms with Crippen LogP contribution >= 0.6 is 15.9 Å². The molecule has 3 amide bonds. The number of aliphatic carboxylic acids is 1.